The molecule has 0 spiro atoms. The molecule has 0 aromatic heterocycles. The van der Waals surface area contributed by atoms with Crippen LogP contribution in [0.1, 0.15) is 18.1 Å². The van der Waals surface area contributed by atoms with Crippen molar-refractivity contribution in [3.05, 3.63) is 77.4 Å². The minimum atomic E-state index is -3.73. The van der Waals surface area contributed by atoms with Crippen LogP contribution in [0.4, 0.5) is 0 Å². The first-order chi connectivity index (χ1) is 11.9. The summed E-state index contributed by atoms with van der Waals surface area (Å²) in [6, 6.07) is 16.3. The molecule has 0 aliphatic rings. The third kappa shape index (κ3) is 5.63. The largest absolute Gasteiger partial charge is 0.283 e. The van der Waals surface area contributed by atoms with Crippen molar-refractivity contribution in [2.45, 2.75) is 18.7 Å². The van der Waals surface area contributed by atoms with Crippen molar-refractivity contribution in [3.63, 3.8) is 0 Å². The van der Waals surface area contributed by atoms with Gasteiger partial charge >= 0.3 is 0 Å². The van der Waals surface area contributed by atoms with E-state index >= 15 is 0 Å². The molecule has 25 heavy (non-hydrogen) atoms. The Morgan fingerprint density at radius 1 is 1.08 bits per heavy atom. The highest BCUT2D eigenvalue weighted by Gasteiger charge is 2.14. The number of nitrogens with zero attached hydrogens (tertiary/aromatic N) is 1. The monoisotopic (exact) mass is 369 g/mol. The van der Waals surface area contributed by atoms with Gasteiger partial charge in [-0.15, -0.1) is 11.8 Å². The van der Waals surface area contributed by atoms with E-state index in [1.807, 2.05) is 37.3 Å². The summed E-state index contributed by atoms with van der Waals surface area (Å²) in [4.78, 5) is 0.188. The van der Waals surface area contributed by atoms with Crippen molar-refractivity contribution < 1.29 is 8.42 Å². The van der Waals surface area contributed by atoms with Crippen LogP contribution in [0.3, 0.4) is 0 Å². The minimum Gasteiger partial charge on any atom is -0.199 e. The number of hydrogen-bond acceptors (Lipinski definition) is 3. The lowest BCUT2D eigenvalue weighted by Crippen LogP contribution is -2.03. The Morgan fingerprint density at radius 3 is 2.32 bits per heavy atom. The molecule has 0 saturated heterocycles. The zero-order valence-electron chi connectivity index (χ0n) is 14.4. The van der Waals surface area contributed by atoms with Crippen LogP contribution in [0.15, 0.2) is 75.5 Å². The van der Waals surface area contributed by atoms with Gasteiger partial charge in [0, 0.05) is 5.56 Å². The summed E-state index contributed by atoms with van der Waals surface area (Å²) in [5.74, 6) is 5.96. The molecule has 0 N–H and O–H groups in total. The molecular weight excluding hydrogens is 350 g/mol. The van der Waals surface area contributed by atoms with Crippen molar-refractivity contribution >= 4 is 26.8 Å². The Bertz CT molecular complexity index is 946. The van der Waals surface area contributed by atoms with Crippen LogP contribution in [0.25, 0.3) is 0 Å². The van der Waals surface area contributed by atoms with E-state index in [2.05, 4.69) is 16.2 Å². The third-order valence-electron chi connectivity index (χ3n) is 3.33. The van der Waals surface area contributed by atoms with Crippen LogP contribution in [0, 0.1) is 18.8 Å². The predicted molar refractivity (Wildman–Crippen MR) is 106 cm³/mol. The first-order valence-corrected chi connectivity index (χ1v) is 10.3. The molecule has 0 aliphatic heterocycles. The van der Waals surface area contributed by atoms with Gasteiger partial charge in [-0.05, 0) is 56.0 Å². The van der Waals surface area contributed by atoms with Gasteiger partial charge in [-0.25, -0.2) is 0 Å². The van der Waals surface area contributed by atoms with Gasteiger partial charge in [0.2, 0.25) is 0 Å². The van der Waals surface area contributed by atoms with E-state index in [0.29, 0.717) is 10.6 Å². The Balaban J connectivity index is 2.28. The molecule has 2 aromatic carbocycles. The van der Waals surface area contributed by atoms with Gasteiger partial charge in [-0.2, -0.15) is 12.8 Å². The number of hydrogen-bond donors (Lipinski definition) is 0. The number of allylic oxidation sites excluding steroid dienone is 1. The van der Waals surface area contributed by atoms with Gasteiger partial charge in [-0.3, -0.25) is 0 Å². The van der Waals surface area contributed by atoms with E-state index in [4.69, 9.17) is 0 Å². The second-order valence-electron chi connectivity index (χ2n) is 5.35. The molecule has 2 aromatic rings. The van der Waals surface area contributed by atoms with Crippen molar-refractivity contribution in [1.29, 1.82) is 0 Å². The predicted octanol–water partition coefficient (Wildman–Crippen LogP) is 4.44. The summed E-state index contributed by atoms with van der Waals surface area (Å²) in [5, 5.41) is 0.433. The highest BCUT2D eigenvalue weighted by molar-refractivity contribution is 8.14. The second kappa shape index (κ2) is 8.70. The maximum Gasteiger partial charge on any atom is 0.283 e. The molecular formula is C20H19NO2S2. The van der Waals surface area contributed by atoms with E-state index in [9.17, 15) is 8.42 Å². The summed E-state index contributed by atoms with van der Waals surface area (Å²) < 4.78 is 28.9. The number of sulfonamides is 1. The third-order valence-corrected chi connectivity index (χ3v) is 5.54. The van der Waals surface area contributed by atoms with Gasteiger partial charge in [-0.1, -0.05) is 47.7 Å². The van der Waals surface area contributed by atoms with E-state index in [1.165, 1.54) is 11.8 Å². The van der Waals surface area contributed by atoms with E-state index in [1.54, 1.807) is 43.5 Å². The lowest BCUT2D eigenvalue weighted by atomic mass is 10.2. The maximum atomic E-state index is 12.4. The number of thioether (sulfide) groups is 1. The van der Waals surface area contributed by atoms with Crippen LogP contribution in [0.2, 0.25) is 0 Å². The van der Waals surface area contributed by atoms with Gasteiger partial charge in [0.15, 0.2) is 0 Å². The van der Waals surface area contributed by atoms with Gasteiger partial charge < -0.3 is 0 Å². The molecule has 0 aliphatic carbocycles. The first kappa shape index (κ1) is 19.0. The molecule has 3 nitrogen and oxygen atoms in total. The fraction of sp³-hybridized carbons (Fsp3) is 0.150. The molecule has 0 atom stereocenters. The highest BCUT2D eigenvalue weighted by Crippen LogP contribution is 2.18. The van der Waals surface area contributed by atoms with Crippen LogP contribution >= 0.6 is 11.8 Å². The van der Waals surface area contributed by atoms with Crippen molar-refractivity contribution in [2.24, 2.45) is 4.40 Å². The first-order valence-electron chi connectivity index (χ1n) is 7.62. The fourth-order valence-corrected chi connectivity index (χ4v) is 3.87. The smallest absolute Gasteiger partial charge is 0.199 e. The molecule has 0 heterocycles. The summed E-state index contributed by atoms with van der Waals surface area (Å²) in [6.45, 7) is 3.71. The van der Waals surface area contributed by atoms with Crippen molar-refractivity contribution in [1.82, 2.24) is 0 Å². The van der Waals surface area contributed by atoms with E-state index < -0.39 is 10.0 Å². The maximum absolute atomic E-state index is 12.4. The average molecular weight is 370 g/mol. The fourth-order valence-electron chi connectivity index (χ4n) is 1.95. The zero-order chi connectivity index (χ0) is 18.3. The van der Waals surface area contributed by atoms with E-state index in [0.717, 1.165) is 11.1 Å². The molecule has 128 valence electrons. The average Bonchev–Trinajstić information content (AvgIpc) is 2.61. The molecule has 0 radical (unpaired) electrons. The number of benzene rings is 2. The Labute approximate surface area is 153 Å². The standard InChI is InChI=1S/C20H19NO2S2/c1-16-12-14-19(15-13-16)25(22,23)21-20(24-3)17(2)8-7-11-18-9-5-4-6-10-18/h4-6,8-10,12-15H,1-3H3/b17-8+,21-20-. The van der Waals surface area contributed by atoms with Gasteiger partial charge in [0.1, 0.15) is 5.04 Å². The molecule has 0 saturated carbocycles. The number of aryl methyl sites for hydroxylation is 1. The van der Waals surface area contributed by atoms with Gasteiger partial charge in [0.05, 0.1) is 4.90 Å². The Morgan fingerprint density at radius 2 is 1.72 bits per heavy atom. The zero-order valence-corrected chi connectivity index (χ0v) is 16.0. The normalized spacial score (nSPS) is 12.4. The molecule has 2 rings (SSSR count). The Hall–Kier alpha value is -2.29. The lowest BCUT2D eigenvalue weighted by Gasteiger charge is -2.04. The summed E-state index contributed by atoms with van der Waals surface area (Å²) in [6.07, 6.45) is 3.48. The van der Waals surface area contributed by atoms with Crippen LogP contribution in [0.5, 0.6) is 0 Å². The quantitative estimate of drug-likeness (QED) is 0.456. The SMILES string of the molecule is CSC(=N\S(=O)(=O)c1ccc(C)cc1)/C(C)=C/C#Cc1ccccc1. The molecule has 5 heteroatoms. The molecule has 0 amide bonds. The highest BCUT2D eigenvalue weighted by atomic mass is 32.2. The van der Waals surface area contributed by atoms with Crippen LogP contribution in [-0.2, 0) is 10.0 Å². The van der Waals surface area contributed by atoms with Crippen molar-refractivity contribution in [2.75, 3.05) is 6.26 Å². The summed E-state index contributed by atoms with van der Waals surface area (Å²) >= 11 is 1.28. The van der Waals surface area contributed by atoms with Gasteiger partial charge in [0.25, 0.3) is 10.0 Å². The Kier molecular flexibility index (Phi) is 6.63. The molecule has 0 unspecified atom stereocenters. The topological polar surface area (TPSA) is 46.5 Å². The summed E-state index contributed by atoms with van der Waals surface area (Å²) in [7, 11) is -3.73. The van der Waals surface area contributed by atoms with E-state index in [-0.39, 0.29) is 4.90 Å². The summed E-state index contributed by atoms with van der Waals surface area (Å²) in [5.41, 5.74) is 2.62. The lowest BCUT2D eigenvalue weighted by molar-refractivity contribution is 0.598. The molecule has 0 fully saturated rings. The van der Waals surface area contributed by atoms with Crippen LogP contribution in [-0.4, -0.2) is 19.7 Å². The molecule has 0 bridgehead atoms. The second-order valence-corrected chi connectivity index (χ2v) is 7.75. The number of rotatable bonds is 3. The minimum absolute atomic E-state index is 0.188. The van der Waals surface area contributed by atoms with Crippen molar-refractivity contribution in [3.8, 4) is 11.8 Å². The van der Waals surface area contributed by atoms with Crippen LogP contribution < -0.4 is 0 Å².